The summed E-state index contributed by atoms with van der Waals surface area (Å²) in [5.41, 5.74) is 5.60. The molecule has 0 aliphatic rings. The number of nitrogens with one attached hydrogen (secondary N) is 1. The van der Waals surface area contributed by atoms with Gasteiger partial charge < -0.3 is 11.1 Å². The second kappa shape index (κ2) is 6.63. The summed E-state index contributed by atoms with van der Waals surface area (Å²) in [4.78, 5) is 24.2. The van der Waals surface area contributed by atoms with Crippen molar-refractivity contribution in [3.05, 3.63) is 20.8 Å². The molecule has 0 fully saturated rings. The van der Waals surface area contributed by atoms with Gasteiger partial charge in [-0.1, -0.05) is 27.7 Å². The maximum Gasteiger partial charge on any atom is 0.332 e. The van der Waals surface area contributed by atoms with Crippen molar-refractivity contribution in [3.8, 4) is 0 Å². The topological polar surface area (TPSA) is 82.0 Å². The van der Waals surface area contributed by atoms with E-state index in [2.05, 4.69) is 19.2 Å². The van der Waals surface area contributed by atoms with Crippen LogP contribution in [0.25, 0.3) is 0 Å². The van der Waals surface area contributed by atoms with E-state index in [0.717, 1.165) is 11.0 Å². The first-order valence-electron chi connectivity index (χ1n) is 7.08. The molecule has 0 radical (unpaired) electrons. The molecule has 3 N–H and O–H groups in total. The zero-order chi connectivity index (χ0) is 15.4. The van der Waals surface area contributed by atoms with Crippen molar-refractivity contribution in [2.45, 2.75) is 40.7 Å². The average molecular weight is 282 g/mol. The molecule has 0 amide bonds. The van der Waals surface area contributed by atoms with Crippen LogP contribution < -0.4 is 22.3 Å². The van der Waals surface area contributed by atoms with Crippen molar-refractivity contribution in [2.75, 3.05) is 17.6 Å². The molecule has 20 heavy (non-hydrogen) atoms. The van der Waals surface area contributed by atoms with E-state index >= 15 is 0 Å². The van der Waals surface area contributed by atoms with Gasteiger partial charge in [0.15, 0.2) is 0 Å². The monoisotopic (exact) mass is 282 g/mol. The van der Waals surface area contributed by atoms with Crippen LogP contribution in [0.3, 0.4) is 0 Å². The van der Waals surface area contributed by atoms with Gasteiger partial charge in [0.2, 0.25) is 0 Å². The third-order valence-electron chi connectivity index (χ3n) is 3.15. The smallest absolute Gasteiger partial charge is 0.332 e. The summed E-state index contributed by atoms with van der Waals surface area (Å²) in [5.74, 6) is 1.04. The van der Waals surface area contributed by atoms with E-state index in [-0.39, 0.29) is 23.0 Å². The molecule has 6 nitrogen and oxygen atoms in total. The van der Waals surface area contributed by atoms with E-state index in [1.54, 1.807) is 0 Å². The van der Waals surface area contributed by atoms with Crippen LogP contribution in [-0.2, 0) is 13.6 Å². The Hall–Kier alpha value is -1.72. The van der Waals surface area contributed by atoms with Gasteiger partial charge in [0.25, 0.3) is 5.56 Å². The highest BCUT2D eigenvalue weighted by Gasteiger charge is 2.15. The van der Waals surface area contributed by atoms with E-state index < -0.39 is 0 Å². The molecule has 0 aliphatic carbocycles. The molecule has 1 aromatic heterocycles. The number of nitrogens with two attached hydrogens (primary N) is 1. The SMILES string of the molecule is CC(C)CCNc1c(N)n(CC(C)C)c(=O)n(C)c1=O. The van der Waals surface area contributed by atoms with Gasteiger partial charge >= 0.3 is 5.69 Å². The normalized spacial score (nSPS) is 11.3. The Kier molecular flexibility index (Phi) is 5.42. The summed E-state index contributed by atoms with van der Waals surface area (Å²) in [6, 6.07) is 0. The first kappa shape index (κ1) is 16.3. The van der Waals surface area contributed by atoms with Crippen molar-refractivity contribution in [3.63, 3.8) is 0 Å². The second-order valence-corrected chi connectivity index (χ2v) is 6.02. The van der Waals surface area contributed by atoms with Crippen LogP contribution in [-0.4, -0.2) is 15.7 Å². The molecule has 1 heterocycles. The van der Waals surface area contributed by atoms with Crippen LogP contribution in [0.5, 0.6) is 0 Å². The van der Waals surface area contributed by atoms with Crippen LogP contribution in [0.15, 0.2) is 9.59 Å². The number of nitrogens with zero attached hydrogens (tertiary/aromatic N) is 2. The van der Waals surface area contributed by atoms with Gasteiger partial charge in [-0.2, -0.15) is 0 Å². The molecule has 0 aromatic carbocycles. The second-order valence-electron chi connectivity index (χ2n) is 6.02. The third kappa shape index (κ3) is 3.65. The Labute approximate surface area is 119 Å². The fourth-order valence-corrected chi connectivity index (χ4v) is 1.98. The van der Waals surface area contributed by atoms with Crippen molar-refractivity contribution >= 4 is 11.5 Å². The molecule has 0 unspecified atom stereocenters. The Balaban J connectivity index is 3.20. The summed E-state index contributed by atoms with van der Waals surface area (Å²) in [7, 11) is 1.48. The molecular weight excluding hydrogens is 256 g/mol. The third-order valence-corrected chi connectivity index (χ3v) is 3.15. The minimum absolute atomic E-state index is 0.232. The summed E-state index contributed by atoms with van der Waals surface area (Å²) >= 11 is 0. The van der Waals surface area contributed by atoms with E-state index in [4.69, 9.17) is 5.73 Å². The number of aromatic nitrogens is 2. The Morgan fingerprint density at radius 1 is 1.15 bits per heavy atom. The predicted molar refractivity (Wildman–Crippen MR) is 83.1 cm³/mol. The highest BCUT2D eigenvalue weighted by Crippen LogP contribution is 2.13. The molecular formula is C14H26N4O2. The predicted octanol–water partition coefficient (Wildman–Crippen LogP) is 1.24. The first-order chi connectivity index (χ1) is 9.25. The summed E-state index contributed by atoms with van der Waals surface area (Å²) in [6.07, 6.45) is 0.936. The molecule has 1 rings (SSSR count). The van der Waals surface area contributed by atoms with Gasteiger partial charge in [-0.25, -0.2) is 4.79 Å². The summed E-state index contributed by atoms with van der Waals surface area (Å²) in [5, 5.41) is 3.08. The van der Waals surface area contributed by atoms with Crippen molar-refractivity contribution in [1.82, 2.24) is 9.13 Å². The zero-order valence-electron chi connectivity index (χ0n) is 13.1. The van der Waals surface area contributed by atoms with E-state index in [0.29, 0.717) is 24.7 Å². The lowest BCUT2D eigenvalue weighted by Crippen LogP contribution is -2.41. The highest BCUT2D eigenvalue weighted by atomic mass is 16.2. The van der Waals surface area contributed by atoms with E-state index in [1.165, 1.54) is 11.6 Å². The summed E-state index contributed by atoms with van der Waals surface area (Å²) in [6.45, 7) is 9.39. The zero-order valence-corrected chi connectivity index (χ0v) is 13.1. The Bertz CT molecular complexity index is 570. The molecule has 1 aromatic rings. The Morgan fingerprint density at radius 2 is 1.75 bits per heavy atom. The lowest BCUT2D eigenvalue weighted by atomic mass is 10.1. The molecule has 0 saturated heterocycles. The minimum atomic E-state index is -0.365. The molecule has 0 spiro atoms. The van der Waals surface area contributed by atoms with Gasteiger partial charge in [-0.15, -0.1) is 0 Å². The van der Waals surface area contributed by atoms with Crippen LogP contribution in [0.4, 0.5) is 11.5 Å². The van der Waals surface area contributed by atoms with Gasteiger partial charge in [-0.3, -0.25) is 13.9 Å². The first-order valence-corrected chi connectivity index (χ1v) is 7.08. The lowest BCUT2D eigenvalue weighted by molar-refractivity contribution is 0.494. The molecule has 0 bridgehead atoms. The quantitative estimate of drug-likeness (QED) is 0.822. The van der Waals surface area contributed by atoms with Crippen LogP contribution in [0.2, 0.25) is 0 Å². The fourth-order valence-electron chi connectivity index (χ4n) is 1.98. The Morgan fingerprint density at radius 3 is 2.25 bits per heavy atom. The van der Waals surface area contributed by atoms with E-state index in [9.17, 15) is 9.59 Å². The fraction of sp³-hybridized carbons (Fsp3) is 0.714. The van der Waals surface area contributed by atoms with Crippen LogP contribution >= 0.6 is 0 Å². The van der Waals surface area contributed by atoms with Gasteiger partial charge in [0, 0.05) is 20.1 Å². The number of anilines is 2. The number of rotatable bonds is 6. The lowest BCUT2D eigenvalue weighted by Gasteiger charge is -2.17. The maximum atomic E-state index is 12.1. The average Bonchev–Trinajstić information content (AvgIpc) is 2.36. The van der Waals surface area contributed by atoms with Gasteiger partial charge in [-0.05, 0) is 18.3 Å². The van der Waals surface area contributed by atoms with Crippen molar-refractivity contribution < 1.29 is 0 Å². The largest absolute Gasteiger partial charge is 0.383 e. The minimum Gasteiger partial charge on any atom is -0.383 e. The maximum absolute atomic E-state index is 12.1. The number of nitrogen functional groups attached to an aromatic ring is 1. The molecule has 0 atom stereocenters. The van der Waals surface area contributed by atoms with Crippen LogP contribution in [0.1, 0.15) is 34.1 Å². The molecule has 0 aliphatic heterocycles. The van der Waals surface area contributed by atoms with Gasteiger partial charge in [0.1, 0.15) is 11.5 Å². The number of hydrogen-bond acceptors (Lipinski definition) is 4. The molecule has 6 heteroatoms. The molecule has 0 saturated carbocycles. The van der Waals surface area contributed by atoms with Crippen LogP contribution in [0, 0.1) is 11.8 Å². The van der Waals surface area contributed by atoms with Gasteiger partial charge in [0.05, 0.1) is 0 Å². The van der Waals surface area contributed by atoms with Crippen molar-refractivity contribution in [1.29, 1.82) is 0 Å². The highest BCUT2D eigenvalue weighted by molar-refractivity contribution is 5.60. The number of hydrogen-bond donors (Lipinski definition) is 2. The standard InChI is InChI=1S/C14H26N4O2/c1-9(2)6-7-16-11-12(15)18(8-10(3)4)14(20)17(5)13(11)19/h9-10,16H,6-8,15H2,1-5H3. The van der Waals surface area contributed by atoms with Crippen molar-refractivity contribution in [2.24, 2.45) is 18.9 Å². The summed E-state index contributed by atoms with van der Waals surface area (Å²) < 4.78 is 2.57. The molecule has 114 valence electrons. The van der Waals surface area contributed by atoms with E-state index in [1.807, 2.05) is 13.8 Å².